The van der Waals surface area contributed by atoms with Crippen LogP contribution in [0.3, 0.4) is 0 Å². The number of carbonyl (C=O) groups is 2. The van der Waals surface area contributed by atoms with Crippen molar-refractivity contribution in [3.05, 3.63) is 52.7 Å². The summed E-state index contributed by atoms with van der Waals surface area (Å²) in [6.45, 7) is 4.07. The Morgan fingerprint density at radius 1 is 1.23 bits per heavy atom. The maximum Gasteiger partial charge on any atom is 0.310 e. The third-order valence-electron chi connectivity index (χ3n) is 3.46. The molecule has 0 atom stereocenters. The number of thiol groups is 1. The first kappa shape index (κ1) is 16.4. The zero-order chi connectivity index (χ0) is 16.3. The standard InChI is InChI=1S/C17H19NO3S/c1-4-21-15(19)10-13-9-14(18(3)17(13)22)16(20)12-7-5-11(2)6-8-12/h5-9,22H,4,10H2,1-3H3. The zero-order valence-corrected chi connectivity index (χ0v) is 13.8. The van der Waals surface area contributed by atoms with Crippen LogP contribution < -0.4 is 0 Å². The van der Waals surface area contributed by atoms with Crippen LogP contribution in [-0.4, -0.2) is 22.9 Å². The number of nitrogens with zero attached hydrogens (tertiary/aromatic N) is 1. The van der Waals surface area contributed by atoms with Gasteiger partial charge in [0, 0.05) is 12.6 Å². The summed E-state index contributed by atoms with van der Waals surface area (Å²) in [5.41, 5.74) is 2.91. The lowest BCUT2D eigenvalue weighted by molar-refractivity contribution is -0.142. The molecule has 0 aliphatic rings. The molecule has 0 bridgehead atoms. The molecule has 0 spiro atoms. The summed E-state index contributed by atoms with van der Waals surface area (Å²) in [6, 6.07) is 9.11. The molecule has 5 heteroatoms. The average Bonchev–Trinajstić information content (AvgIpc) is 2.76. The molecule has 0 fully saturated rings. The topological polar surface area (TPSA) is 48.3 Å². The third-order valence-corrected chi connectivity index (χ3v) is 4.05. The van der Waals surface area contributed by atoms with Gasteiger partial charge in [-0.25, -0.2) is 0 Å². The molecule has 1 aromatic heterocycles. The Balaban J connectivity index is 2.30. The maximum atomic E-state index is 12.6. The molecule has 4 nitrogen and oxygen atoms in total. The molecule has 0 saturated heterocycles. The summed E-state index contributed by atoms with van der Waals surface area (Å²) in [6.07, 6.45) is 0.113. The molecule has 116 valence electrons. The number of hydrogen-bond acceptors (Lipinski definition) is 4. The van der Waals surface area contributed by atoms with E-state index in [4.69, 9.17) is 4.74 Å². The number of rotatable bonds is 5. The second-order valence-corrected chi connectivity index (χ2v) is 5.54. The van der Waals surface area contributed by atoms with Crippen molar-refractivity contribution in [3.8, 4) is 0 Å². The van der Waals surface area contributed by atoms with Crippen LogP contribution >= 0.6 is 12.6 Å². The van der Waals surface area contributed by atoms with E-state index >= 15 is 0 Å². The quantitative estimate of drug-likeness (QED) is 0.524. The van der Waals surface area contributed by atoms with Gasteiger partial charge in [0.15, 0.2) is 0 Å². The Morgan fingerprint density at radius 3 is 2.45 bits per heavy atom. The van der Waals surface area contributed by atoms with E-state index in [1.165, 1.54) is 0 Å². The number of benzene rings is 1. The lowest BCUT2D eigenvalue weighted by Crippen LogP contribution is -2.07. The van der Waals surface area contributed by atoms with Gasteiger partial charge in [-0.05, 0) is 25.5 Å². The molecular formula is C17H19NO3S. The first-order valence-corrected chi connectivity index (χ1v) is 7.53. The van der Waals surface area contributed by atoms with Crippen LogP contribution in [0.15, 0.2) is 35.4 Å². The lowest BCUT2D eigenvalue weighted by Gasteiger charge is -2.04. The van der Waals surface area contributed by atoms with Crippen molar-refractivity contribution in [2.45, 2.75) is 25.3 Å². The van der Waals surface area contributed by atoms with Crippen LogP contribution in [0.1, 0.15) is 34.1 Å². The summed E-state index contributed by atoms with van der Waals surface area (Å²) < 4.78 is 6.64. The number of ether oxygens (including phenoxy) is 1. The summed E-state index contributed by atoms with van der Waals surface area (Å²) in [5, 5.41) is 0.600. The summed E-state index contributed by atoms with van der Waals surface area (Å²) in [7, 11) is 1.76. The molecular weight excluding hydrogens is 298 g/mol. The number of aromatic nitrogens is 1. The Bertz CT molecular complexity index is 701. The third kappa shape index (κ3) is 3.42. The van der Waals surface area contributed by atoms with Gasteiger partial charge >= 0.3 is 5.97 Å². The highest BCUT2D eigenvalue weighted by atomic mass is 32.1. The van der Waals surface area contributed by atoms with E-state index in [9.17, 15) is 9.59 Å². The molecule has 1 aromatic carbocycles. The normalized spacial score (nSPS) is 10.5. The number of esters is 1. The second-order valence-electron chi connectivity index (χ2n) is 5.11. The molecule has 0 amide bonds. The molecule has 22 heavy (non-hydrogen) atoms. The van der Waals surface area contributed by atoms with Crippen molar-refractivity contribution >= 4 is 24.4 Å². The number of aryl methyl sites for hydroxylation is 1. The minimum absolute atomic E-state index is 0.0899. The molecule has 0 aliphatic carbocycles. The van der Waals surface area contributed by atoms with Gasteiger partial charge in [0.25, 0.3) is 0 Å². The predicted molar refractivity (Wildman–Crippen MR) is 87.6 cm³/mol. The van der Waals surface area contributed by atoms with Gasteiger partial charge in [0.05, 0.1) is 23.7 Å². The van der Waals surface area contributed by atoms with E-state index in [2.05, 4.69) is 12.6 Å². The SMILES string of the molecule is CCOC(=O)Cc1cc(C(=O)c2ccc(C)cc2)n(C)c1S. The van der Waals surface area contributed by atoms with Crippen molar-refractivity contribution in [2.24, 2.45) is 7.05 Å². The van der Waals surface area contributed by atoms with Crippen LogP contribution in [0, 0.1) is 6.92 Å². The van der Waals surface area contributed by atoms with Gasteiger partial charge in [0.2, 0.25) is 5.78 Å². The number of carbonyl (C=O) groups excluding carboxylic acids is 2. The molecule has 0 unspecified atom stereocenters. The first-order valence-electron chi connectivity index (χ1n) is 7.08. The van der Waals surface area contributed by atoms with E-state index in [-0.39, 0.29) is 18.2 Å². The van der Waals surface area contributed by atoms with Crippen molar-refractivity contribution in [1.82, 2.24) is 4.57 Å². The fourth-order valence-electron chi connectivity index (χ4n) is 2.22. The number of ketones is 1. The van der Waals surface area contributed by atoms with Gasteiger partial charge in [-0.3, -0.25) is 9.59 Å². The Morgan fingerprint density at radius 2 is 1.86 bits per heavy atom. The van der Waals surface area contributed by atoms with Crippen molar-refractivity contribution in [2.75, 3.05) is 6.61 Å². The van der Waals surface area contributed by atoms with Crippen molar-refractivity contribution in [1.29, 1.82) is 0 Å². The first-order chi connectivity index (χ1) is 10.4. The fourth-order valence-corrected chi connectivity index (χ4v) is 2.48. The Labute approximate surface area is 135 Å². The molecule has 2 rings (SSSR count). The molecule has 0 aliphatic heterocycles. The van der Waals surface area contributed by atoms with Crippen LogP contribution in [0.2, 0.25) is 0 Å². The van der Waals surface area contributed by atoms with Gasteiger partial charge < -0.3 is 9.30 Å². The molecule has 1 heterocycles. The second kappa shape index (κ2) is 6.83. The fraction of sp³-hybridized carbons (Fsp3) is 0.294. The molecule has 0 N–H and O–H groups in total. The van der Waals surface area contributed by atoms with Gasteiger partial charge in [0.1, 0.15) is 0 Å². The maximum absolute atomic E-state index is 12.6. The molecule has 0 radical (unpaired) electrons. The van der Waals surface area contributed by atoms with Crippen LogP contribution in [-0.2, 0) is 23.0 Å². The monoisotopic (exact) mass is 317 g/mol. The smallest absolute Gasteiger partial charge is 0.310 e. The minimum Gasteiger partial charge on any atom is -0.466 e. The lowest BCUT2D eigenvalue weighted by atomic mass is 10.1. The summed E-state index contributed by atoms with van der Waals surface area (Å²) in [4.78, 5) is 24.2. The van der Waals surface area contributed by atoms with Crippen molar-refractivity contribution in [3.63, 3.8) is 0 Å². The molecule has 0 saturated carbocycles. The Kier molecular flexibility index (Phi) is 5.08. The highest BCUT2D eigenvalue weighted by Gasteiger charge is 2.19. The van der Waals surface area contributed by atoms with E-state index in [0.717, 1.165) is 5.56 Å². The van der Waals surface area contributed by atoms with Gasteiger partial charge in [-0.1, -0.05) is 29.8 Å². The van der Waals surface area contributed by atoms with Gasteiger partial charge in [-0.15, -0.1) is 12.6 Å². The minimum atomic E-state index is -0.322. The van der Waals surface area contributed by atoms with Crippen LogP contribution in [0.25, 0.3) is 0 Å². The van der Waals surface area contributed by atoms with Gasteiger partial charge in [-0.2, -0.15) is 0 Å². The Hall–Kier alpha value is -2.01. The highest BCUT2D eigenvalue weighted by Crippen LogP contribution is 2.22. The number of hydrogen-bond donors (Lipinski definition) is 1. The van der Waals surface area contributed by atoms with Crippen molar-refractivity contribution < 1.29 is 14.3 Å². The average molecular weight is 317 g/mol. The largest absolute Gasteiger partial charge is 0.466 e. The van der Waals surface area contributed by atoms with Crippen LogP contribution in [0.5, 0.6) is 0 Å². The van der Waals surface area contributed by atoms with E-state index in [1.54, 1.807) is 36.7 Å². The van der Waals surface area contributed by atoms with Crippen LogP contribution in [0.4, 0.5) is 0 Å². The van der Waals surface area contributed by atoms with E-state index in [1.807, 2.05) is 19.1 Å². The van der Waals surface area contributed by atoms with E-state index in [0.29, 0.717) is 28.5 Å². The van der Waals surface area contributed by atoms with E-state index < -0.39 is 0 Å². The predicted octanol–water partition coefficient (Wildman–Crippen LogP) is 2.96. The zero-order valence-electron chi connectivity index (χ0n) is 12.9. The highest BCUT2D eigenvalue weighted by molar-refractivity contribution is 7.80. The molecule has 2 aromatic rings. The summed E-state index contributed by atoms with van der Waals surface area (Å²) in [5.74, 6) is -0.411. The summed E-state index contributed by atoms with van der Waals surface area (Å²) >= 11 is 4.40.